The summed E-state index contributed by atoms with van der Waals surface area (Å²) in [5.41, 5.74) is 2.62. The van der Waals surface area contributed by atoms with Gasteiger partial charge in [0.1, 0.15) is 5.75 Å². The Labute approximate surface area is 124 Å². The van der Waals surface area contributed by atoms with E-state index in [1.54, 1.807) is 7.11 Å². The molecular weight excluding hydrogens is 262 g/mol. The standard InChI is InChI=1S/C18H19NO2/c1-20-16-8-4-6-14-17(16)21-15-7-3-2-5-13(15)18(14)9-11-19-12-10-18/h2-8,19H,9-12H2,1H3. The molecule has 0 bridgehead atoms. The lowest BCUT2D eigenvalue weighted by Crippen LogP contribution is -2.42. The number of rotatable bonds is 1. The van der Waals surface area contributed by atoms with Crippen molar-refractivity contribution in [1.29, 1.82) is 0 Å². The zero-order chi connectivity index (χ0) is 14.3. The van der Waals surface area contributed by atoms with Crippen LogP contribution >= 0.6 is 0 Å². The first-order chi connectivity index (χ1) is 10.3. The van der Waals surface area contributed by atoms with Crippen LogP contribution in [-0.4, -0.2) is 20.2 Å². The van der Waals surface area contributed by atoms with E-state index in [2.05, 4.69) is 35.6 Å². The number of ether oxygens (including phenoxy) is 2. The van der Waals surface area contributed by atoms with E-state index in [0.717, 1.165) is 43.2 Å². The molecule has 2 heterocycles. The molecule has 0 unspecified atom stereocenters. The SMILES string of the molecule is COc1cccc2c1Oc1ccccc1C21CCNCC1. The summed E-state index contributed by atoms with van der Waals surface area (Å²) in [5.74, 6) is 2.68. The molecule has 3 nitrogen and oxygen atoms in total. The summed E-state index contributed by atoms with van der Waals surface area (Å²) in [6, 6.07) is 14.7. The van der Waals surface area contributed by atoms with Gasteiger partial charge in [-0.2, -0.15) is 0 Å². The maximum Gasteiger partial charge on any atom is 0.173 e. The van der Waals surface area contributed by atoms with Gasteiger partial charge < -0.3 is 14.8 Å². The minimum atomic E-state index is 0.0456. The van der Waals surface area contributed by atoms with E-state index in [1.807, 2.05) is 12.1 Å². The molecule has 0 radical (unpaired) electrons. The third kappa shape index (κ3) is 1.77. The summed E-state index contributed by atoms with van der Waals surface area (Å²) in [5, 5.41) is 3.47. The van der Waals surface area contributed by atoms with Crippen LogP contribution in [0.1, 0.15) is 24.0 Å². The van der Waals surface area contributed by atoms with Gasteiger partial charge in [0.15, 0.2) is 11.5 Å². The second-order valence-electron chi connectivity index (χ2n) is 5.77. The Balaban J connectivity index is 1.98. The van der Waals surface area contributed by atoms with Crippen LogP contribution in [0.15, 0.2) is 42.5 Å². The van der Waals surface area contributed by atoms with Crippen molar-refractivity contribution < 1.29 is 9.47 Å². The molecule has 1 saturated heterocycles. The van der Waals surface area contributed by atoms with Gasteiger partial charge in [0, 0.05) is 16.5 Å². The van der Waals surface area contributed by atoms with Crippen LogP contribution in [0, 0.1) is 0 Å². The fourth-order valence-electron chi connectivity index (χ4n) is 3.76. The molecule has 1 spiro atoms. The molecule has 1 fully saturated rings. The molecule has 1 N–H and O–H groups in total. The lowest BCUT2D eigenvalue weighted by atomic mass is 9.66. The van der Waals surface area contributed by atoms with Crippen LogP contribution in [0.3, 0.4) is 0 Å². The van der Waals surface area contributed by atoms with Crippen LogP contribution in [0.5, 0.6) is 17.2 Å². The number of benzene rings is 2. The number of piperidine rings is 1. The molecule has 0 amide bonds. The van der Waals surface area contributed by atoms with Crippen LogP contribution in [0.4, 0.5) is 0 Å². The van der Waals surface area contributed by atoms with E-state index in [0.29, 0.717) is 0 Å². The van der Waals surface area contributed by atoms with Gasteiger partial charge in [-0.1, -0.05) is 30.3 Å². The topological polar surface area (TPSA) is 30.5 Å². The smallest absolute Gasteiger partial charge is 0.173 e. The molecule has 2 aromatic carbocycles. The van der Waals surface area contributed by atoms with Crippen molar-refractivity contribution in [3.8, 4) is 17.2 Å². The van der Waals surface area contributed by atoms with E-state index >= 15 is 0 Å². The second kappa shape index (κ2) is 4.78. The third-order valence-corrected chi connectivity index (χ3v) is 4.79. The zero-order valence-corrected chi connectivity index (χ0v) is 12.2. The average Bonchev–Trinajstić information content (AvgIpc) is 2.56. The highest BCUT2D eigenvalue weighted by atomic mass is 16.5. The van der Waals surface area contributed by atoms with Crippen molar-refractivity contribution in [3.05, 3.63) is 53.6 Å². The number of para-hydroxylation sites is 2. The number of hydrogen-bond acceptors (Lipinski definition) is 3. The molecule has 0 aliphatic carbocycles. The summed E-state index contributed by atoms with van der Waals surface area (Å²) >= 11 is 0. The van der Waals surface area contributed by atoms with E-state index < -0.39 is 0 Å². The molecule has 2 aliphatic heterocycles. The molecule has 21 heavy (non-hydrogen) atoms. The van der Waals surface area contributed by atoms with Gasteiger partial charge in [-0.15, -0.1) is 0 Å². The van der Waals surface area contributed by atoms with Gasteiger partial charge in [-0.25, -0.2) is 0 Å². The summed E-state index contributed by atoms with van der Waals surface area (Å²) in [6.07, 6.45) is 2.18. The molecule has 2 aliphatic rings. The van der Waals surface area contributed by atoms with E-state index in [9.17, 15) is 0 Å². The van der Waals surface area contributed by atoms with Gasteiger partial charge in [0.05, 0.1) is 7.11 Å². The largest absolute Gasteiger partial charge is 0.493 e. The Hall–Kier alpha value is -2.00. The van der Waals surface area contributed by atoms with Crippen molar-refractivity contribution in [3.63, 3.8) is 0 Å². The van der Waals surface area contributed by atoms with Gasteiger partial charge in [-0.05, 0) is 38.1 Å². The fraction of sp³-hybridized carbons (Fsp3) is 0.333. The Kier molecular flexibility index (Phi) is 2.89. The monoisotopic (exact) mass is 281 g/mol. The normalized spacial score (nSPS) is 18.5. The van der Waals surface area contributed by atoms with Crippen molar-refractivity contribution in [2.45, 2.75) is 18.3 Å². The molecule has 108 valence electrons. The molecule has 0 aromatic heterocycles. The average molecular weight is 281 g/mol. The van der Waals surface area contributed by atoms with Gasteiger partial charge in [0.2, 0.25) is 0 Å². The molecule has 0 saturated carbocycles. The predicted molar refractivity (Wildman–Crippen MR) is 82.4 cm³/mol. The molecule has 3 heteroatoms. The van der Waals surface area contributed by atoms with E-state index in [4.69, 9.17) is 9.47 Å². The van der Waals surface area contributed by atoms with Gasteiger partial charge in [-0.3, -0.25) is 0 Å². The number of nitrogens with one attached hydrogen (secondary N) is 1. The van der Waals surface area contributed by atoms with Crippen molar-refractivity contribution in [1.82, 2.24) is 5.32 Å². The maximum atomic E-state index is 6.18. The number of methoxy groups -OCH3 is 1. The van der Waals surface area contributed by atoms with Crippen LogP contribution in [0.2, 0.25) is 0 Å². The molecule has 2 aromatic rings. The summed E-state index contributed by atoms with van der Waals surface area (Å²) < 4.78 is 11.7. The second-order valence-corrected chi connectivity index (χ2v) is 5.77. The van der Waals surface area contributed by atoms with Gasteiger partial charge >= 0.3 is 0 Å². The lowest BCUT2D eigenvalue weighted by Gasteiger charge is -2.43. The Morgan fingerprint density at radius 3 is 2.57 bits per heavy atom. The molecule has 0 atom stereocenters. The third-order valence-electron chi connectivity index (χ3n) is 4.79. The first-order valence-electron chi connectivity index (χ1n) is 7.51. The van der Waals surface area contributed by atoms with Crippen LogP contribution in [-0.2, 0) is 5.41 Å². The lowest BCUT2D eigenvalue weighted by molar-refractivity contribution is 0.304. The minimum absolute atomic E-state index is 0.0456. The Morgan fingerprint density at radius 1 is 1.00 bits per heavy atom. The highest BCUT2D eigenvalue weighted by Crippen LogP contribution is 2.54. The number of hydrogen-bond donors (Lipinski definition) is 1. The van der Waals surface area contributed by atoms with E-state index in [1.165, 1.54) is 11.1 Å². The van der Waals surface area contributed by atoms with Crippen molar-refractivity contribution in [2.75, 3.05) is 20.2 Å². The van der Waals surface area contributed by atoms with Gasteiger partial charge in [0.25, 0.3) is 0 Å². The minimum Gasteiger partial charge on any atom is -0.493 e. The highest BCUT2D eigenvalue weighted by Gasteiger charge is 2.43. The maximum absolute atomic E-state index is 6.18. The zero-order valence-electron chi connectivity index (χ0n) is 12.2. The van der Waals surface area contributed by atoms with Crippen molar-refractivity contribution >= 4 is 0 Å². The Morgan fingerprint density at radius 2 is 1.76 bits per heavy atom. The Bertz CT molecular complexity index is 675. The van der Waals surface area contributed by atoms with Crippen LogP contribution in [0.25, 0.3) is 0 Å². The predicted octanol–water partition coefficient (Wildman–Crippen LogP) is 3.47. The number of fused-ring (bicyclic) bond motifs is 4. The quantitative estimate of drug-likeness (QED) is 0.868. The molecular formula is C18H19NO2. The fourth-order valence-corrected chi connectivity index (χ4v) is 3.76. The first-order valence-corrected chi connectivity index (χ1v) is 7.51. The first kappa shape index (κ1) is 12.7. The van der Waals surface area contributed by atoms with E-state index in [-0.39, 0.29) is 5.41 Å². The van der Waals surface area contributed by atoms with Crippen molar-refractivity contribution in [2.24, 2.45) is 0 Å². The summed E-state index contributed by atoms with van der Waals surface area (Å²) in [4.78, 5) is 0. The summed E-state index contributed by atoms with van der Waals surface area (Å²) in [7, 11) is 1.70. The summed E-state index contributed by atoms with van der Waals surface area (Å²) in [6.45, 7) is 2.07. The van der Waals surface area contributed by atoms with Crippen LogP contribution < -0.4 is 14.8 Å². The molecule has 4 rings (SSSR count). The highest BCUT2D eigenvalue weighted by molar-refractivity contribution is 5.62.